The maximum atomic E-state index is 5.29. The van der Waals surface area contributed by atoms with E-state index in [0.717, 1.165) is 0 Å². The molecule has 0 bridgehead atoms. The fourth-order valence-corrected chi connectivity index (χ4v) is 1.16. The Balaban J connectivity index is 2.56. The number of hydrogen-bond acceptors (Lipinski definition) is 1. The van der Waals surface area contributed by atoms with E-state index in [4.69, 9.17) is 4.74 Å². The van der Waals surface area contributed by atoms with E-state index in [1.807, 2.05) is 0 Å². The molecule has 1 atom stereocenters. The van der Waals surface area contributed by atoms with Crippen molar-refractivity contribution >= 4 is 0 Å². The Morgan fingerprint density at radius 1 is 1.56 bits per heavy atom. The topological polar surface area (TPSA) is 9.23 Å². The largest absolute Gasteiger partial charge is 0.374 e. The Labute approximate surface area is 56.7 Å². The highest BCUT2D eigenvalue weighted by Gasteiger charge is 2.20. The third kappa shape index (κ3) is 1.55. The molecule has 52 valence electrons. The maximum absolute atomic E-state index is 5.29. The lowest BCUT2D eigenvalue weighted by Crippen LogP contribution is -2.25. The first kappa shape index (κ1) is 6.81. The van der Waals surface area contributed by atoms with Crippen LogP contribution in [0, 0.1) is 0 Å². The summed E-state index contributed by atoms with van der Waals surface area (Å²) < 4.78 is 5.29. The summed E-state index contributed by atoms with van der Waals surface area (Å²) in [6, 6.07) is 0. The summed E-state index contributed by atoms with van der Waals surface area (Å²) in [6.45, 7) is 2.13. The molecule has 0 fully saturated rings. The van der Waals surface area contributed by atoms with Crippen LogP contribution in [0.25, 0.3) is 0 Å². The van der Waals surface area contributed by atoms with E-state index in [-0.39, 0.29) is 5.60 Å². The Hall–Kier alpha value is -0.300. The van der Waals surface area contributed by atoms with E-state index in [1.165, 1.54) is 19.3 Å². The molecule has 0 aromatic heterocycles. The summed E-state index contributed by atoms with van der Waals surface area (Å²) >= 11 is 0. The SMILES string of the molecule is CO[C@@]1(C)C=CCCC1. The number of hydrogen-bond donors (Lipinski definition) is 0. The summed E-state index contributed by atoms with van der Waals surface area (Å²) in [5.41, 5.74) is 0.0399. The van der Waals surface area contributed by atoms with Crippen LogP contribution in [0.5, 0.6) is 0 Å². The molecule has 0 aromatic carbocycles. The summed E-state index contributed by atoms with van der Waals surface area (Å²) in [4.78, 5) is 0. The molecule has 1 rings (SSSR count). The molecule has 0 N–H and O–H groups in total. The first-order valence-electron chi connectivity index (χ1n) is 3.50. The van der Waals surface area contributed by atoms with Crippen LogP contribution < -0.4 is 0 Å². The lowest BCUT2D eigenvalue weighted by Gasteiger charge is -2.26. The van der Waals surface area contributed by atoms with Crippen LogP contribution in [0.2, 0.25) is 0 Å². The number of allylic oxidation sites excluding steroid dienone is 1. The fraction of sp³-hybridized carbons (Fsp3) is 0.750. The first-order valence-corrected chi connectivity index (χ1v) is 3.50. The van der Waals surface area contributed by atoms with E-state index < -0.39 is 0 Å². The van der Waals surface area contributed by atoms with Gasteiger partial charge in [-0.25, -0.2) is 0 Å². The molecule has 0 aliphatic heterocycles. The average molecular weight is 126 g/mol. The highest BCUT2D eigenvalue weighted by atomic mass is 16.5. The molecular formula is C8H14O. The van der Waals surface area contributed by atoms with Crippen LogP contribution >= 0.6 is 0 Å². The Bertz CT molecular complexity index is 118. The van der Waals surface area contributed by atoms with Crippen LogP contribution in [0.1, 0.15) is 26.2 Å². The standard InChI is InChI=1S/C8H14O/c1-8(9-2)6-4-3-5-7-8/h4,6H,3,5,7H2,1-2H3/t8-/m0/s1. The molecule has 9 heavy (non-hydrogen) atoms. The molecule has 0 unspecified atom stereocenters. The molecule has 0 radical (unpaired) electrons. The minimum atomic E-state index is 0.0399. The van der Waals surface area contributed by atoms with Crippen LogP contribution in [-0.2, 0) is 4.74 Å². The monoisotopic (exact) mass is 126 g/mol. The lowest BCUT2D eigenvalue weighted by molar-refractivity contribution is 0.0362. The summed E-state index contributed by atoms with van der Waals surface area (Å²) in [5.74, 6) is 0. The Kier molecular flexibility index (Phi) is 1.91. The summed E-state index contributed by atoms with van der Waals surface area (Å²) in [5, 5.41) is 0. The zero-order valence-corrected chi connectivity index (χ0v) is 6.18. The smallest absolute Gasteiger partial charge is 0.0830 e. The zero-order chi connectivity index (χ0) is 6.74. The van der Waals surface area contributed by atoms with E-state index >= 15 is 0 Å². The lowest BCUT2D eigenvalue weighted by atomic mass is 9.93. The quantitative estimate of drug-likeness (QED) is 0.489. The van der Waals surface area contributed by atoms with Gasteiger partial charge in [-0.3, -0.25) is 0 Å². The van der Waals surface area contributed by atoms with Gasteiger partial charge in [0.2, 0.25) is 0 Å². The highest BCUT2D eigenvalue weighted by Crippen LogP contribution is 2.23. The van der Waals surface area contributed by atoms with E-state index in [2.05, 4.69) is 19.1 Å². The molecule has 0 spiro atoms. The molecule has 1 aliphatic carbocycles. The molecule has 0 saturated heterocycles. The van der Waals surface area contributed by atoms with Crippen molar-refractivity contribution in [1.29, 1.82) is 0 Å². The maximum Gasteiger partial charge on any atom is 0.0830 e. The molecule has 1 aliphatic rings. The summed E-state index contributed by atoms with van der Waals surface area (Å²) in [6.07, 6.45) is 8.02. The molecule has 0 aromatic rings. The van der Waals surface area contributed by atoms with Gasteiger partial charge in [0.1, 0.15) is 0 Å². The van der Waals surface area contributed by atoms with Crippen LogP contribution in [0.3, 0.4) is 0 Å². The molecule has 1 nitrogen and oxygen atoms in total. The second-order valence-electron chi connectivity index (χ2n) is 2.81. The van der Waals surface area contributed by atoms with E-state index in [0.29, 0.717) is 0 Å². The first-order chi connectivity index (χ1) is 4.27. The van der Waals surface area contributed by atoms with Crippen molar-refractivity contribution in [3.8, 4) is 0 Å². The van der Waals surface area contributed by atoms with Crippen molar-refractivity contribution in [1.82, 2.24) is 0 Å². The van der Waals surface area contributed by atoms with Gasteiger partial charge in [0.25, 0.3) is 0 Å². The third-order valence-electron chi connectivity index (χ3n) is 1.98. The van der Waals surface area contributed by atoms with E-state index in [9.17, 15) is 0 Å². The van der Waals surface area contributed by atoms with Gasteiger partial charge in [-0.05, 0) is 26.2 Å². The molecule has 0 amide bonds. The zero-order valence-electron chi connectivity index (χ0n) is 6.18. The van der Waals surface area contributed by atoms with Gasteiger partial charge in [0.05, 0.1) is 5.60 Å². The van der Waals surface area contributed by atoms with Gasteiger partial charge < -0.3 is 4.74 Å². The second kappa shape index (κ2) is 2.53. The summed E-state index contributed by atoms with van der Waals surface area (Å²) in [7, 11) is 1.77. The van der Waals surface area contributed by atoms with E-state index in [1.54, 1.807) is 7.11 Å². The number of rotatable bonds is 1. The predicted octanol–water partition coefficient (Wildman–Crippen LogP) is 2.13. The van der Waals surface area contributed by atoms with Gasteiger partial charge in [0.15, 0.2) is 0 Å². The van der Waals surface area contributed by atoms with Crippen molar-refractivity contribution in [2.75, 3.05) is 7.11 Å². The van der Waals surface area contributed by atoms with Crippen molar-refractivity contribution < 1.29 is 4.74 Å². The van der Waals surface area contributed by atoms with Crippen LogP contribution in [-0.4, -0.2) is 12.7 Å². The van der Waals surface area contributed by atoms with Crippen molar-refractivity contribution in [3.05, 3.63) is 12.2 Å². The Morgan fingerprint density at radius 3 is 2.67 bits per heavy atom. The van der Waals surface area contributed by atoms with Gasteiger partial charge in [-0.15, -0.1) is 0 Å². The number of methoxy groups -OCH3 is 1. The van der Waals surface area contributed by atoms with Gasteiger partial charge in [-0.1, -0.05) is 12.2 Å². The fourth-order valence-electron chi connectivity index (χ4n) is 1.16. The minimum absolute atomic E-state index is 0.0399. The van der Waals surface area contributed by atoms with Crippen molar-refractivity contribution in [2.24, 2.45) is 0 Å². The van der Waals surface area contributed by atoms with Gasteiger partial charge >= 0.3 is 0 Å². The third-order valence-corrected chi connectivity index (χ3v) is 1.98. The van der Waals surface area contributed by atoms with Crippen molar-refractivity contribution in [3.63, 3.8) is 0 Å². The normalized spacial score (nSPS) is 34.9. The van der Waals surface area contributed by atoms with Crippen LogP contribution in [0.4, 0.5) is 0 Å². The van der Waals surface area contributed by atoms with Gasteiger partial charge in [0, 0.05) is 7.11 Å². The minimum Gasteiger partial charge on any atom is -0.374 e. The molecule has 0 saturated carbocycles. The Morgan fingerprint density at radius 2 is 2.33 bits per heavy atom. The number of ether oxygens (including phenoxy) is 1. The van der Waals surface area contributed by atoms with Gasteiger partial charge in [-0.2, -0.15) is 0 Å². The second-order valence-corrected chi connectivity index (χ2v) is 2.81. The average Bonchev–Trinajstić information content (AvgIpc) is 1.90. The highest BCUT2D eigenvalue weighted by molar-refractivity contribution is 5.03. The predicted molar refractivity (Wildman–Crippen MR) is 38.4 cm³/mol. The molecule has 1 heteroatoms. The molecule has 0 heterocycles. The molecular weight excluding hydrogens is 112 g/mol. The van der Waals surface area contributed by atoms with Crippen molar-refractivity contribution in [2.45, 2.75) is 31.8 Å². The van der Waals surface area contributed by atoms with Crippen LogP contribution in [0.15, 0.2) is 12.2 Å².